The van der Waals surface area contributed by atoms with E-state index in [2.05, 4.69) is 5.32 Å². The molecular formula is C15H17ClN2O. The number of benzene rings is 1. The zero-order chi connectivity index (χ0) is 13.4. The van der Waals surface area contributed by atoms with Gasteiger partial charge in [0.1, 0.15) is 5.75 Å². The first-order valence-corrected chi connectivity index (χ1v) is 6.99. The lowest BCUT2D eigenvalue weighted by Crippen LogP contribution is -2.10. The van der Waals surface area contributed by atoms with Crippen molar-refractivity contribution in [1.29, 1.82) is 0 Å². The molecule has 0 saturated carbocycles. The number of hydrogen-bond donors (Lipinski definition) is 1. The van der Waals surface area contributed by atoms with Crippen LogP contribution in [0.15, 0.2) is 12.1 Å². The van der Waals surface area contributed by atoms with Crippen LogP contribution in [0.3, 0.4) is 0 Å². The SMILES string of the molecule is CNc1c2c(nc3c(Cl)ccc(OC)c13)CCCC2. The van der Waals surface area contributed by atoms with Gasteiger partial charge in [-0.2, -0.15) is 0 Å². The molecule has 1 aliphatic carbocycles. The minimum atomic E-state index is 0.681. The van der Waals surface area contributed by atoms with Crippen molar-refractivity contribution in [1.82, 2.24) is 4.98 Å². The number of halogens is 1. The third-order valence-corrected chi connectivity index (χ3v) is 4.10. The van der Waals surface area contributed by atoms with Gasteiger partial charge in [0, 0.05) is 12.7 Å². The van der Waals surface area contributed by atoms with Crippen LogP contribution >= 0.6 is 11.6 Å². The second kappa shape index (κ2) is 4.89. The topological polar surface area (TPSA) is 34.2 Å². The molecule has 2 aromatic rings. The van der Waals surface area contributed by atoms with E-state index in [0.29, 0.717) is 5.02 Å². The third kappa shape index (κ3) is 1.93. The summed E-state index contributed by atoms with van der Waals surface area (Å²) >= 11 is 6.31. The summed E-state index contributed by atoms with van der Waals surface area (Å²) in [6.07, 6.45) is 4.53. The summed E-state index contributed by atoms with van der Waals surface area (Å²) in [6.45, 7) is 0. The van der Waals surface area contributed by atoms with Crippen LogP contribution in [0.4, 0.5) is 5.69 Å². The minimum absolute atomic E-state index is 0.681. The first-order chi connectivity index (χ1) is 9.26. The summed E-state index contributed by atoms with van der Waals surface area (Å²) in [6, 6.07) is 3.76. The molecule has 0 radical (unpaired) electrons. The number of fused-ring (bicyclic) bond motifs is 2. The Labute approximate surface area is 117 Å². The summed E-state index contributed by atoms with van der Waals surface area (Å²) < 4.78 is 5.48. The number of aryl methyl sites for hydroxylation is 1. The molecule has 0 bridgehead atoms. The molecule has 1 N–H and O–H groups in total. The van der Waals surface area contributed by atoms with Gasteiger partial charge in [-0.3, -0.25) is 4.98 Å². The molecule has 1 aromatic carbocycles. The van der Waals surface area contributed by atoms with Gasteiger partial charge in [0.05, 0.1) is 28.7 Å². The highest BCUT2D eigenvalue weighted by Gasteiger charge is 2.20. The molecule has 0 fully saturated rings. The lowest BCUT2D eigenvalue weighted by Gasteiger charge is -2.21. The Balaban J connectivity index is 2.42. The van der Waals surface area contributed by atoms with Crippen LogP contribution in [0.1, 0.15) is 24.1 Å². The molecule has 0 unspecified atom stereocenters. The Bertz CT molecular complexity index is 640. The number of nitrogens with zero attached hydrogens (tertiary/aromatic N) is 1. The van der Waals surface area contributed by atoms with Crippen molar-refractivity contribution < 1.29 is 4.74 Å². The van der Waals surface area contributed by atoms with E-state index in [0.717, 1.165) is 35.2 Å². The van der Waals surface area contributed by atoms with Crippen LogP contribution in [0.5, 0.6) is 5.75 Å². The highest BCUT2D eigenvalue weighted by molar-refractivity contribution is 6.35. The third-order valence-electron chi connectivity index (χ3n) is 3.80. The van der Waals surface area contributed by atoms with E-state index in [9.17, 15) is 0 Å². The lowest BCUT2D eigenvalue weighted by molar-refractivity contribution is 0.420. The number of aromatic nitrogens is 1. The fourth-order valence-electron chi connectivity index (χ4n) is 2.91. The highest BCUT2D eigenvalue weighted by Crippen LogP contribution is 2.40. The van der Waals surface area contributed by atoms with Crippen molar-refractivity contribution in [2.24, 2.45) is 0 Å². The van der Waals surface area contributed by atoms with Gasteiger partial charge in [-0.1, -0.05) is 11.6 Å². The summed E-state index contributed by atoms with van der Waals surface area (Å²) in [5.74, 6) is 0.824. The number of pyridine rings is 1. The van der Waals surface area contributed by atoms with Crippen LogP contribution in [0.25, 0.3) is 10.9 Å². The minimum Gasteiger partial charge on any atom is -0.496 e. The maximum Gasteiger partial charge on any atom is 0.130 e. The number of nitrogens with one attached hydrogen (secondary N) is 1. The van der Waals surface area contributed by atoms with Crippen molar-refractivity contribution in [2.45, 2.75) is 25.7 Å². The van der Waals surface area contributed by atoms with Gasteiger partial charge in [-0.05, 0) is 43.4 Å². The van der Waals surface area contributed by atoms with Crippen LogP contribution < -0.4 is 10.1 Å². The summed E-state index contributed by atoms with van der Waals surface area (Å²) in [4.78, 5) is 4.78. The number of hydrogen-bond acceptors (Lipinski definition) is 3. The molecule has 1 aromatic heterocycles. The van der Waals surface area contributed by atoms with E-state index < -0.39 is 0 Å². The fourth-order valence-corrected chi connectivity index (χ4v) is 3.11. The molecule has 1 heterocycles. The smallest absolute Gasteiger partial charge is 0.130 e. The van der Waals surface area contributed by atoms with Crippen LogP contribution in [0.2, 0.25) is 5.02 Å². The normalized spacial score (nSPS) is 14.3. The van der Waals surface area contributed by atoms with E-state index in [1.807, 2.05) is 19.2 Å². The molecule has 3 rings (SSSR count). The first kappa shape index (κ1) is 12.5. The van der Waals surface area contributed by atoms with Crippen LogP contribution in [-0.2, 0) is 12.8 Å². The first-order valence-electron chi connectivity index (χ1n) is 6.62. The Morgan fingerprint density at radius 2 is 2.05 bits per heavy atom. The average Bonchev–Trinajstić information content (AvgIpc) is 2.46. The van der Waals surface area contributed by atoms with Gasteiger partial charge < -0.3 is 10.1 Å². The van der Waals surface area contributed by atoms with Gasteiger partial charge in [0.15, 0.2) is 0 Å². The van der Waals surface area contributed by atoms with Crippen LogP contribution in [-0.4, -0.2) is 19.1 Å². The number of methoxy groups -OCH3 is 1. The maximum absolute atomic E-state index is 6.31. The molecular weight excluding hydrogens is 260 g/mol. The van der Waals surface area contributed by atoms with E-state index >= 15 is 0 Å². The number of rotatable bonds is 2. The van der Waals surface area contributed by atoms with E-state index in [4.69, 9.17) is 21.3 Å². The molecule has 0 atom stereocenters. The van der Waals surface area contributed by atoms with Crippen molar-refractivity contribution in [3.05, 3.63) is 28.4 Å². The van der Waals surface area contributed by atoms with Gasteiger partial charge in [-0.25, -0.2) is 0 Å². The molecule has 0 saturated heterocycles. The standard InChI is InChI=1S/C15H17ClN2O/c1-17-14-9-5-3-4-6-11(9)18-15-10(16)7-8-12(19-2)13(14)15/h7-8H,3-6H2,1-2H3,(H,17,18). The fraction of sp³-hybridized carbons (Fsp3) is 0.400. The summed E-state index contributed by atoms with van der Waals surface area (Å²) in [5, 5.41) is 5.00. The zero-order valence-electron chi connectivity index (χ0n) is 11.2. The Morgan fingerprint density at radius 1 is 1.26 bits per heavy atom. The van der Waals surface area contributed by atoms with E-state index in [1.54, 1.807) is 7.11 Å². The van der Waals surface area contributed by atoms with E-state index in [-0.39, 0.29) is 0 Å². The summed E-state index contributed by atoms with van der Waals surface area (Å²) in [5.41, 5.74) is 4.46. The monoisotopic (exact) mass is 276 g/mol. The second-order valence-electron chi connectivity index (χ2n) is 4.84. The molecule has 0 spiro atoms. The molecule has 0 aliphatic heterocycles. The molecule has 4 heteroatoms. The predicted octanol–water partition coefficient (Wildman–Crippen LogP) is 3.82. The number of ether oxygens (including phenoxy) is 1. The largest absolute Gasteiger partial charge is 0.496 e. The quantitative estimate of drug-likeness (QED) is 0.905. The zero-order valence-corrected chi connectivity index (χ0v) is 12.0. The Kier molecular flexibility index (Phi) is 3.23. The maximum atomic E-state index is 6.31. The Hall–Kier alpha value is -1.48. The lowest BCUT2D eigenvalue weighted by atomic mass is 9.92. The van der Waals surface area contributed by atoms with Gasteiger partial charge in [-0.15, -0.1) is 0 Å². The molecule has 100 valence electrons. The van der Waals surface area contributed by atoms with Crippen LogP contribution in [0, 0.1) is 0 Å². The van der Waals surface area contributed by atoms with Crippen molar-refractivity contribution in [3.8, 4) is 5.75 Å². The Morgan fingerprint density at radius 3 is 2.79 bits per heavy atom. The number of anilines is 1. The van der Waals surface area contributed by atoms with Gasteiger partial charge in [0.25, 0.3) is 0 Å². The highest BCUT2D eigenvalue weighted by atomic mass is 35.5. The molecule has 1 aliphatic rings. The van der Waals surface area contributed by atoms with Crippen molar-refractivity contribution in [3.63, 3.8) is 0 Å². The summed E-state index contributed by atoms with van der Waals surface area (Å²) in [7, 11) is 3.63. The second-order valence-corrected chi connectivity index (χ2v) is 5.25. The molecule has 3 nitrogen and oxygen atoms in total. The van der Waals surface area contributed by atoms with Gasteiger partial charge in [0.2, 0.25) is 0 Å². The van der Waals surface area contributed by atoms with Crippen molar-refractivity contribution in [2.75, 3.05) is 19.5 Å². The molecule has 0 amide bonds. The van der Waals surface area contributed by atoms with E-state index in [1.165, 1.54) is 24.1 Å². The predicted molar refractivity (Wildman–Crippen MR) is 79.5 cm³/mol. The van der Waals surface area contributed by atoms with Gasteiger partial charge >= 0.3 is 0 Å². The van der Waals surface area contributed by atoms with Crippen molar-refractivity contribution >= 4 is 28.2 Å². The average molecular weight is 277 g/mol. The molecule has 19 heavy (non-hydrogen) atoms.